The predicted molar refractivity (Wildman–Crippen MR) is 197 cm³/mol. The molecule has 3 aliphatic rings. The average Bonchev–Trinajstić information content (AvgIpc) is 3.70. The van der Waals surface area contributed by atoms with Crippen LogP contribution in [0.25, 0.3) is 10.8 Å². The first kappa shape index (κ1) is 37.4. The van der Waals surface area contributed by atoms with Crippen LogP contribution in [0.3, 0.4) is 0 Å². The van der Waals surface area contributed by atoms with Gasteiger partial charge in [0.1, 0.15) is 12.1 Å². The number of amides is 3. The summed E-state index contributed by atoms with van der Waals surface area (Å²) in [6.45, 7) is 6.96. The van der Waals surface area contributed by atoms with Gasteiger partial charge >= 0.3 is 0 Å². The fourth-order valence-electron chi connectivity index (χ4n) is 6.83. The summed E-state index contributed by atoms with van der Waals surface area (Å²) in [4.78, 5) is 62.3. The number of hydrogen-bond donors (Lipinski definition) is 3. The molecule has 0 radical (unpaired) electrons. The zero-order valence-corrected chi connectivity index (χ0v) is 31.2. The summed E-state index contributed by atoms with van der Waals surface area (Å²) in [6, 6.07) is 15.5. The molecule has 3 N–H and O–H groups in total. The van der Waals surface area contributed by atoms with Crippen LogP contribution in [0.4, 0.5) is 0 Å². The number of rotatable bonds is 12. The lowest BCUT2D eigenvalue weighted by atomic mass is 9.86. The SMILES string of the molecule is CCC[C@H](NC(=O)[C@@H]1C[C@]2(CC(c3cccc(Cl)c3)=NO2)CN1C(=O)[C@@H](NS(=O)(=O)c1cccc2ccccc12)C(C)(C)C)C(=O)C(=O)NC1CC1. The molecule has 2 fully saturated rings. The van der Waals surface area contributed by atoms with Gasteiger partial charge in [0.15, 0.2) is 5.60 Å². The molecule has 3 amide bonds. The Hall–Kier alpha value is -4.33. The van der Waals surface area contributed by atoms with Gasteiger partial charge in [0.05, 0.1) is 23.2 Å². The first-order valence-electron chi connectivity index (χ1n) is 17.6. The molecule has 2 aliphatic heterocycles. The molecule has 1 aliphatic carbocycles. The normalized spacial score (nSPS) is 21.4. The molecule has 4 atom stereocenters. The number of Topliss-reactive ketones (excluding diaryl/α,β-unsaturated/α-hetero) is 1. The Morgan fingerprint density at radius 2 is 1.75 bits per heavy atom. The Morgan fingerprint density at radius 3 is 2.44 bits per heavy atom. The van der Waals surface area contributed by atoms with Crippen molar-refractivity contribution in [3.05, 3.63) is 77.3 Å². The van der Waals surface area contributed by atoms with Gasteiger partial charge in [0, 0.05) is 34.9 Å². The third kappa shape index (κ3) is 8.01. The van der Waals surface area contributed by atoms with E-state index in [4.69, 9.17) is 16.4 Å². The molecule has 3 aromatic rings. The first-order valence-corrected chi connectivity index (χ1v) is 19.4. The minimum Gasteiger partial charge on any atom is -0.387 e. The van der Waals surface area contributed by atoms with E-state index >= 15 is 0 Å². The minimum absolute atomic E-state index is 0.00633. The Labute approximate surface area is 308 Å². The van der Waals surface area contributed by atoms with Crippen molar-refractivity contribution in [3.8, 4) is 0 Å². The number of benzene rings is 3. The number of hydrogen-bond acceptors (Lipinski definition) is 8. The second-order valence-corrected chi connectivity index (χ2v) is 17.2. The molecule has 0 bridgehead atoms. The second-order valence-electron chi connectivity index (χ2n) is 15.0. The van der Waals surface area contributed by atoms with Crippen LogP contribution in [0.1, 0.15) is 71.8 Å². The van der Waals surface area contributed by atoms with Crippen LogP contribution in [-0.2, 0) is 34.0 Å². The number of nitrogens with zero attached hydrogens (tertiary/aromatic N) is 2. The van der Waals surface area contributed by atoms with E-state index in [0.29, 0.717) is 22.5 Å². The lowest BCUT2D eigenvalue weighted by Gasteiger charge is -2.35. The maximum absolute atomic E-state index is 14.8. The summed E-state index contributed by atoms with van der Waals surface area (Å²) in [7, 11) is -4.26. The maximum atomic E-state index is 14.8. The molecule has 14 heteroatoms. The summed E-state index contributed by atoms with van der Waals surface area (Å²) in [5.41, 5.74) is -0.775. The highest BCUT2D eigenvalue weighted by atomic mass is 35.5. The van der Waals surface area contributed by atoms with Crippen LogP contribution >= 0.6 is 11.6 Å². The van der Waals surface area contributed by atoms with Crippen LogP contribution in [0.15, 0.2) is 76.8 Å². The predicted octanol–water partition coefficient (Wildman–Crippen LogP) is 4.48. The Balaban J connectivity index is 1.31. The maximum Gasteiger partial charge on any atom is 0.289 e. The number of ketones is 1. The number of sulfonamides is 1. The van der Waals surface area contributed by atoms with Crippen molar-refractivity contribution in [2.45, 2.75) is 101 Å². The number of likely N-dealkylation sites (tertiary alicyclic amines) is 1. The Kier molecular flexibility index (Phi) is 10.5. The molecule has 276 valence electrons. The Bertz CT molecular complexity index is 2040. The third-order valence-electron chi connectivity index (χ3n) is 9.75. The number of nitrogens with one attached hydrogen (secondary N) is 3. The fourth-order valence-corrected chi connectivity index (χ4v) is 8.65. The molecule has 1 spiro atoms. The highest BCUT2D eigenvalue weighted by Gasteiger charge is 2.56. The van der Waals surface area contributed by atoms with Crippen molar-refractivity contribution >= 4 is 61.6 Å². The molecular weight excluding hydrogens is 706 g/mol. The van der Waals surface area contributed by atoms with Gasteiger partial charge in [-0.05, 0) is 48.3 Å². The Morgan fingerprint density at radius 1 is 1.04 bits per heavy atom. The van der Waals surface area contributed by atoms with Gasteiger partial charge < -0.3 is 20.4 Å². The number of fused-ring (bicyclic) bond motifs is 1. The van der Waals surface area contributed by atoms with E-state index in [1.807, 2.05) is 19.1 Å². The average molecular weight is 750 g/mol. The summed E-state index contributed by atoms with van der Waals surface area (Å²) in [6.07, 6.45) is 2.55. The second kappa shape index (κ2) is 14.6. The summed E-state index contributed by atoms with van der Waals surface area (Å²) >= 11 is 6.25. The molecule has 1 saturated heterocycles. The molecule has 0 aromatic heterocycles. The van der Waals surface area contributed by atoms with E-state index < -0.39 is 62.7 Å². The summed E-state index contributed by atoms with van der Waals surface area (Å²) < 4.78 is 30.8. The molecule has 6 rings (SSSR count). The van der Waals surface area contributed by atoms with Crippen molar-refractivity contribution in [2.24, 2.45) is 10.6 Å². The van der Waals surface area contributed by atoms with Gasteiger partial charge in [-0.25, -0.2) is 8.42 Å². The topological polar surface area (TPSA) is 163 Å². The van der Waals surface area contributed by atoms with Crippen molar-refractivity contribution in [1.29, 1.82) is 0 Å². The largest absolute Gasteiger partial charge is 0.387 e. The lowest BCUT2D eigenvalue weighted by molar-refractivity contribution is -0.144. The smallest absolute Gasteiger partial charge is 0.289 e. The molecule has 2 heterocycles. The van der Waals surface area contributed by atoms with Gasteiger partial charge in [-0.3, -0.25) is 19.2 Å². The third-order valence-corrected chi connectivity index (χ3v) is 11.5. The first-order chi connectivity index (χ1) is 24.6. The van der Waals surface area contributed by atoms with E-state index in [-0.39, 0.29) is 36.7 Å². The van der Waals surface area contributed by atoms with Crippen LogP contribution < -0.4 is 15.4 Å². The van der Waals surface area contributed by atoms with E-state index in [1.54, 1.807) is 69.3 Å². The molecular formula is C38H44ClN5O7S. The van der Waals surface area contributed by atoms with Crippen LogP contribution in [0.5, 0.6) is 0 Å². The molecule has 12 nitrogen and oxygen atoms in total. The van der Waals surface area contributed by atoms with Gasteiger partial charge in [-0.2, -0.15) is 4.72 Å². The highest BCUT2D eigenvalue weighted by molar-refractivity contribution is 7.89. The lowest BCUT2D eigenvalue weighted by Crippen LogP contribution is -2.59. The van der Waals surface area contributed by atoms with E-state index in [2.05, 4.69) is 20.5 Å². The van der Waals surface area contributed by atoms with Crippen LogP contribution in [0, 0.1) is 5.41 Å². The number of carbonyl (C=O) groups excluding carboxylic acids is 4. The van der Waals surface area contributed by atoms with Gasteiger partial charge in [-0.15, -0.1) is 0 Å². The van der Waals surface area contributed by atoms with Crippen molar-refractivity contribution in [2.75, 3.05) is 6.54 Å². The zero-order valence-electron chi connectivity index (χ0n) is 29.6. The van der Waals surface area contributed by atoms with Gasteiger partial charge in [0.25, 0.3) is 5.91 Å². The highest BCUT2D eigenvalue weighted by Crippen LogP contribution is 2.40. The standard InChI is InChI=1S/C38H44ClN5O7S/c1-5-10-28(32(45)35(47)40-26-17-18-26)41-34(46)30-21-38(20-29(42-51-38)24-13-8-14-25(39)19-24)22-44(30)36(48)33(37(2,3)4)43-52(49,50)31-16-9-12-23-11-6-7-15-27(23)31/h6-9,11-16,19,26,28,30,33,43H,5,10,17-18,20-22H2,1-4H3,(H,40,47)(H,41,46)/t28-,30-,33+,38+/m0/s1. The minimum atomic E-state index is -4.26. The monoisotopic (exact) mass is 749 g/mol. The number of oxime groups is 1. The van der Waals surface area contributed by atoms with Crippen LogP contribution in [0.2, 0.25) is 5.02 Å². The van der Waals surface area contributed by atoms with Gasteiger partial charge in [0.2, 0.25) is 27.6 Å². The van der Waals surface area contributed by atoms with E-state index in [0.717, 1.165) is 23.8 Å². The zero-order chi connectivity index (χ0) is 37.4. The number of halogens is 1. The van der Waals surface area contributed by atoms with E-state index in [1.165, 1.54) is 11.0 Å². The fraction of sp³-hybridized carbons (Fsp3) is 0.447. The van der Waals surface area contributed by atoms with Crippen molar-refractivity contribution in [3.63, 3.8) is 0 Å². The molecule has 52 heavy (non-hydrogen) atoms. The van der Waals surface area contributed by atoms with Crippen LogP contribution in [-0.4, -0.2) is 78.8 Å². The molecule has 0 unspecified atom stereocenters. The molecule has 1 saturated carbocycles. The van der Waals surface area contributed by atoms with E-state index in [9.17, 15) is 27.6 Å². The van der Waals surface area contributed by atoms with Gasteiger partial charge in [-0.1, -0.05) is 99.4 Å². The van der Waals surface area contributed by atoms with Crippen molar-refractivity contribution < 1.29 is 32.4 Å². The van der Waals surface area contributed by atoms with Crippen molar-refractivity contribution in [1.82, 2.24) is 20.3 Å². The number of carbonyl (C=O) groups is 4. The quantitative estimate of drug-likeness (QED) is 0.230. The molecule has 3 aromatic carbocycles. The summed E-state index contributed by atoms with van der Waals surface area (Å²) in [5, 5.41) is 11.5. The summed E-state index contributed by atoms with van der Waals surface area (Å²) in [5.74, 6) is -2.81.